The van der Waals surface area contributed by atoms with Gasteiger partial charge in [-0.3, -0.25) is 0 Å². The topological polar surface area (TPSA) is 102 Å². The molecule has 27 heavy (non-hydrogen) atoms. The summed E-state index contributed by atoms with van der Waals surface area (Å²) in [5.74, 6) is 0. The summed E-state index contributed by atoms with van der Waals surface area (Å²) in [4.78, 5) is -2.35. The third-order valence-corrected chi connectivity index (χ3v) is 11.0. The molecule has 0 saturated carbocycles. The van der Waals surface area contributed by atoms with Crippen molar-refractivity contribution in [2.45, 2.75) is 20.6 Å². The van der Waals surface area contributed by atoms with E-state index in [1.807, 2.05) is 0 Å². The van der Waals surface area contributed by atoms with E-state index < -0.39 is 86.2 Å². The third kappa shape index (κ3) is 4.31. The molecule has 19 heteroatoms. The summed E-state index contributed by atoms with van der Waals surface area (Å²) in [6, 6.07) is 0. The summed E-state index contributed by atoms with van der Waals surface area (Å²) in [7, 11) is -19.7. The normalized spacial score (nSPS) is 20.3. The van der Waals surface area contributed by atoms with Crippen molar-refractivity contribution in [3.05, 3.63) is 20.8 Å². The van der Waals surface area contributed by atoms with Crippen LogP contribution in [0.1, 0.15) is 0 Å². The Morgan fingerprint density at radius 1 is 0.704 bits per heavy atom. The number of sulfone groups is 3. The van der Waals surface area contributed by atoms with Gasteiger partial charge in [0.15, 0.2) is 0 Å². The standard InChI is InChI=1S/C8H3F9O6S3.Al/c9-6(10,11)24(18,19)3-1-5(26(22,23)8(15,16)17)2-4-25(20,21)7(12,13)14;/h1-3H;/q;+1. The minimum atomic E-state index is -6.64. The van der Waals surface area contributed by atoms with Gasteiger partial charge < -0.3 is 0 Å². The van der Waals surface area contributed by atoms with Crippen LogP contribution in [0.2, 0.25) is 0 Å². The fraction of sp³-hybridized carbons (Fsp3) is 0.500. The second-order valence-electron chi connectivity index (χ2n) is 4.64. The molecule has 0 spiro atoms. The van der Waals surface area contributed by atoms with Crippen LogP contribution in [-0.4, -0.2) is 61.1 Å². The molecule has 0 N–H and O–H groups in total. The second kappa shape index (κ2) is 6.64. The molecule has 0 aromatic heterocycles. The Morgan fingerprint density at radius 3 is 1.44 bits per heavy atom. The van der Waals surface area contributed by atoms with Gasteiger partial charge in [0, 0.05) is 0 Å². The van der Waals surface area contributed by atoms with Crippen LogP contribution in [0.3, 0.4) is 0 Å². The molecular formula is C8H3AlF9O6S3+. The van der Waals surface area contributed by atoms with Crippen molar-refractivity contribution in [2.75, 3.05) is 0 Å². The van der Waals surface area contributed by atoms with Crippen molar-refractivity contribution in [1.82, 2.24) is 0 Å². The zero-order valence-electron chi connectivity index (χ0n) is 11.9. The van der Waals surface area contributed by atoms with Crippen molar-refractivity contribution in [3.63, 3.8) is 0 Å². The molecule has 1 aliphatic heterocycles. The zero-order valence-corrected chi connectivity index (χ0v) is 15.5. The summed E-state index contributed by atoms with van der Waals surface area (Å²) in [5.41, 5.74) is -18.7. The molecule has 0 radical (unpaired) electrons. The van der Waals surface area contributed by atoms with Crippen LogP contribution in [0.4, 0.5) is 39.5 Å². The molecule has 154 valence electrons. The van der Waals surface area contributed by atoms with Crippen LogP contribution in [0, 0.1) is 0 Å². The Balaban J connectivity index is 3.82. The van der Waals surface area contributed by atoms with Crippen LogP contribution in [0.15, 0.2) is 20.8 Å². The summed E-state index contributed by atoms with van der Waals surface area (Å²) >= 11 is -3.00. The quantitative estimate of drug-likeness (QED) is 0.441. The molecule has 1 rings (SSSR count). The number of alkyl halides is 9. The molecule has 1 atom stereocenters. The molecule has 1 heterocycles. The first-order valence-electron chi connectivity index (χ1n) is 5.78. The number of hydrogen-bond acceptors (Lipinski definition) is 6. The van der Waals surface area contributed by atoms with Gasteiger partial charge >= 0.3 is 151 Å². The van der Waals surface area contributed by atoms with Crippen LogP contribution in [0.25, 0.3) is 0 Å². The van der Waals surface area contributed by atoms with Gasteiger partial charge in [0.25, 0.3) is 0 Å². The van der Waals surface area contributed by atoms with Gasteiger partial charge in [0.1, 0.15) is 0 Å². The predicted octanol–water partition coefficient (Wildman–Crippen LogP) is 1.56. The van der Waals surface area contributed by atoms with E-state index in [1.165, 1.54) is 0 Å². The Morgan fingerprint density at radius 2 is 1.11 bits per heavy atom. The van der Waals surface area contributed by atoms with Gasteiger partial charge in [-0.15, -0.1) is 0 Å². The molecular weight excluding hydrogens is 486 g/mol. The first-order valence-corrected chi connectivity index (χ1v) is 11.5. The van der Waals surface area contributed by atoms with Crippen LogP contribution in [-0.2, 0) is 29.5 Å². The number of hydrogen-bond donors (Lipinski definition) is 0. The maximum absolute atomic E-state index is 12.6. The number of allylic oxidation sites excluding steroid dienone is 1. The zero-order chi connectivity index (χ0) is 21.9. The van der Waals surface area contributed by atoms with Crippen molar-refractivity contribution < 1.29 is 64.8 Å². The average Bonchev–Trinajstić information content (AvgIpc) is 2.43. The predicted molar refractivity (Wildman–Crippen MR) is 70.6 cm³/mol. The Hall–Kier alpha value is -0.768. The third-order valence-electron chi connectivity index (χ3n) is 2.85. The maximum atomic E-state index is 12.6. The Kier molecular flexibility index (Phi) is 5.97. The van der Waals surface area contributed by atoms with E-state index in [0.717, 1.165) is 0 Å². The molecule has 0 amide bonds. The molecule has 0 fully saturated rings. The monoisotopic (exact) mass is 489 g/mol. The first-order chi connectivity index (χ1) is 11.6. The summed E-state index contributed by atoms with van der Waals surface area (Å²) in [6.07, 6.45) is -1.21. The molecule has 0 saturated heterocycles. The van der Waals surface area contributed by atoms with Gasteiger partial charge in [-0.05, 0) is 0 Å². The van der Waals surface area contributed by atoms with Gasteiger partial charge in [-0.2, -0.15) is 0 Å². The van der Waals surface area contributed by atoms with Crippen LogP contribution in [0.5, 0.6) is 0 Å². The van der Waals surface area contributed by atoms with Crippen molar-refractivity contribution in [3.8, 4) is 0 Å². The molecule has 1 aliphatic rings. The fourth-order valence-corrected chi connectivity index (χ4v) is 8.36. The number of rotatable bonds is 3. The van der Waals surface area contributed by atoms with Crippen LogP contribution >= 0.6 is 0 Å². The molecule has 0 aliphatic carbocycles. The van der Waals surface area contributed by atoms with E-state index in [1.54, 1.807) is 0 Å². The number of halogens is 9. The minimum absolute atomic E-state index is 0.573. The van der Waals surface area contributed by atoms with Crippen molar-refractivity contribution in [2.24, 2.45) is 0 Å². The molecule has 1 unspecified atom stereocenters. The molecule has 0 aromatic carbocycles. The van der Waals surface area contributed by atoms with E-state index in [9.17, 15) is 64.8 Å². The summed E-state index contributed by atoms with van der Waals surface area (Å²) in [5, 5.41) is 0. The van der Waals surface area contributed by atoms with E-state index in [2.05, 4.69) is 0 Å². The van der Waals surface area contributed by atoms with E-state index in [4.69, 9.17) is 0 Å². The second-order valence-corrected chi connectivity index (χ2v) is 13.2. The van der Waals surface area contributed by atoms with E-state index in [0.29, 0.717) is 0 Å². The van der Waals surface area contributed by atoms with Crippen LogP contribution < -0.4 is 0 Å². The average molecular weight is 489 g/mol. The molecule has 0 bridgehead atoms. The van der Waals surface area contributed by atoms with Gasteiger partial charge in [0.2, 0.25) is 0 Å². The Bertz CT molecular complexity index is 995. The van der Waals surface area contributed by atoms with Gasteiger partial charge in [0.05, 0.1) is 0 Å². The van der Waals surface area contributed by atoms with Crippen molar-refractivity contribution >= 4 is 44.7 Å². The SMILES string of the molecule is O=S(=O)(C1=C[CH](S(=O)(=O)C(F)(F)F)[Al+][C](S(=O)(=O)C(F)(F)F)=C1)C(F)(F)F. The Labute approximate surface area is 151 Å². The molecule has 6 nitrogen and oxygen atoms in total. The summed E-state index contributed by atoms with van der Waals surface area (Å²) in [6.45, 7) is 0. The summed E-state index contributed by atoms with van der Waals surface area (Å²) < 4.78 is 175. The molecule has 0 aromatic rings. The fourth-order valence-electron chi connectivity index (χ4n) is 1.54. The van der Waals surface area contributed by atoms with E-state index >= 15 is 0 Å². The van der Waals surface area contributed by atoms with Crippen molar-refractivity contribution in [1.29, 1.82) is 0 Å². The van der Waals surface area contributed by atoms with Gasteiger partial charge in [-0.1, -0.05) is 0 Å². The van der Waals surface area contributed by atoms with E-state index in [-0.39, 0.29) is 0 Å². The first kappa shape index (κ1) is 24.3. The van der Waals surface area contributed by atoms with Gasteiger partial charge in [-0.25, -0.2) is 0 Å².